The summed E-state index contributed by atoms with van der Waals surface area (Å²) in [6, 6.07) is 7.43. The smallest absolute Gasteiger partial charge is 0.303 e. The van der Waals surface area contributed by atoms with Gasteiger partial charge in [-0.15, -0.1) is 0 Å². The second-order valence-corrected chi connectivity index (χ2v) is 6.26. The highest BCUT2D eigenvalue weighted by atomic mass is 16.5. The van der Waals surface area contributed by atoms with E-state index in [-0.39, 0.29) is 18.2 Å². The zero-order valence-electron chi connectivity index (χ0n) is 14.6. The van der Waals surface area contributed by atoms with Crippen molar-refractivity contribution in [2.75, 3.05) is 33.3 Å². The van der Waals surface area contributed by atoms with Gasteiger partial charge in [0.1, 0.15) is 11.4 Å². The van der Waals surface area contributed by atoms with Crippen LogP contribution in [0, 0.1) is 5.92 Å². The molecule has 138 valence electrons. The summed E-state index contributed by atoms with van der Waals surface area (Å²) >= 11 is 0. The molecule has 1 saturated heterocycles. The van der Waals surface area contributed by atoms with Crippen LogP contribution in [-0.2, 0) is 4.79 Å². The molecule has 0 spiro atoms. The SMILES string of the molecule is COc1ccccc1-n1cc(C(=O)N2CCNCC(CC(=O)O)C2)cn1. The molecule has 26 heavy (non-hydrogen) atoms. The summed E-state index contributed by atoms with van der Waals surface area (Å²) in [5, 5.41) is 16.5. The van der Waals surface area contributed by atoms with E-state index in [2.05, 4.69) is 10.4 Å². The van der Waals surface area contributed by atoms with Gasteiger partial charge < -0.3 is 20.1 Å². The third kappa shape index (κ3) is 4.02. The van der Waals surface area contributed by atoms with Crippen molar-refractivity contribution in [1.29, 1.82) is 0 Å². The molecule has 8 heteroatoms. The van der Waals surface area contributed by atoms with Crippen LogP contribution in [0.1, 0.15) is 16.8 Å². The maximum Gasteiger partial charge on any atom is 0.303 e. The summed E-state index contributed by atoms with van der Waals surface area (Å²) in [6.07, 6.45) is 3.24. The Bertz CT molecular complexity index is 789. The summed E-state index contributed by atoms with van der Waals surface area (Å²) in [5.41, 5.74) is 1.21. The number of hydrogen-bond donors (Lipinski definition) is 2. The molecule has 1 aromatic carbocycles. The molecular weight excluding hydrogens is 336 g/mol. The summed E-state index contributed by atoms with van der Waals surface area (Å²) < 4.78 is 6.94. The highest BCUT2D eigenvalue weighted by molar-refractivity contribution is 5.94. The number of nitrogens with one attached hydrogen (secondary N) is 1. The molecule has 0 bridgehead atoms. The van der Waals surface area contributed by atoms with Crippen LogP contribution in [0.5, 0.6) is 5.75 Å². The first-order chi connectivity index (χ1) is 12.6. The second kappa shape index (κ2) is 8.01. The van der Waals surface area contributed by atoms with Gasteiger partial charge >= 0.3 is 5.97 Å². The van der Waals surface area contributed by atoms with Crippen molar-refractivity contribution in [3.8, 4) is 11.4 Å². The van der Waals surface area contributed by atoms with Crippen LogP contribution in [0.2, 0.25) is 0 Å². The van der Waals surface area contributed by atoms with Crippen molar-refractivity contribution < 1.29 is 19.4 Å². The molecule has 1 unspecified atom stereocenters. The molecule has 3 rings (SSSR count). The summed E-state index contributed by atoms with van der Waals surface area (Å²) in [7, 11) is 1.58. The first-order valence-corrected chi connectivity index (χ1v) is 8.48. The van der Waals surface area contributed by atoms with Gasteiger partial charge in [-0.25, -0.2) is 4.68 Å². The number of hydrogen-bond acceptors (Lipinski definition) is 5. The van der Waals surface area contributed by atoms with E-state index >= 15 is 0 Å². The summed E-state index contributed by atoms with van der Waals surface area (Å²) in [6.45, 7) is 2.19. The number of para-hydroxylation sites is 2. The average Bonchev–Trinajstić information content (AvgIpc) is 3.01. The fourth-order valence-electron chi connectivity index (χ4n) is 3.12. The molecule has 0 radical (unpaired) electrons. The van der Waals surface area contributed by atoms with E-state index < -0.39 is 5.97 Å². The fraction of sp³-hybridized carbons (Fsp3) is 0.389. The number of carbonyl (C=O) groups is 2. The average molecular weight is 358 g/mol. The van der Waals surface area contributed by atoms with Crippen molar-refractivity contribution in [3.63, 3.8) is 0 Å². The van der Waals surface area contributed by atoms with Crippen molar-refractivity contribution in [3.05, 3.63) is 42.2 Å². The van der Waals surface area contributed by atoms with Gasteiger partial charge in [0.25, 0.3) is 5.91 Å². The monoisotopic (exact) mass is 358 g/mol. The lowest BCUT2D eigenvalue weighted by Crippen LogP contribution is -2.36. The van der Waals surface area contributed by atoms with Crippen molar-refractivity contribution in [2.45, 2.75) is 6.42 Å². The van der Waals surface area contributed by atoms with Gasteiger partial charge in [-0.05, 0) is 18.1 Å². The van der Waals surface area contributed by atoms with E-state index in [1.54, 1.807) is 22.9 Å². The van der Waals surface area contributed by atoms with E-state index in [4.69, 9.17) is 9.84 Å². The summed E-state index contributed by atoms with van der Waals surface area (Å²) in [5.74, 6) is -0.446. The minimum absolute atomic E-state index is 0.0389. The van der Waals surface area contributed by atoms with E-state index in [0.29, 0.717) is 37.5 Å². The Kier molecular flexibility index (Phi) is 5.52. The number of carbonyl (C=O) groups excluding carboxylic acids is 1. The molecule has 1 atom stereocenters. The standard InChI is InChI=1S/C18H22N4O4/c1-26-16-5-3-2-4-15(16)22-12-14(10-20-22)18(25)21-7-6-19-9-13(11-21)8-17(23)24/h2-5,10,12-13,19H,6-9,11H2,1H3,(H,23,24). The number of aromatic nitrogens is 2. The Morgan fingerprint density at radius 3 is 2.96 bits per heavy atom. The van der Waals surface area contributed by atoms with Crippen LogP contribution in [0.25, 0.3) is 5.69 Å². The second-order valence-electron chi connectivity index (χ2n) is 6.26. The topological polar surface area (TPSA) is 96.7 Å². The number of amides is 1. The Hall–Kier alpha value is -2.87. The van der Waals surface area contributed by atoms with Crippen LogP contribution in [-0.4, -0.2) is 65.0 Å². The van der Waals surface area contributed by atoms with Gasteiger partial charge in [-0.3, -0.25) is 9.59 Å². The van der Waals surface area contributed by atoms with Crippen molar-refractivity contribution in [2.24, 2.45) is 5.92 Å². The van der Waals surface area contributed by atoms with Gasteiger partial charge in [0.05, 0.1) is 25.3 Å². The number of rotatable bonds is 5. The third-order valence-corrected chi connectivity index (χ3v) is 4.38. The molecule has 1 aromatic heterocycles. The molecule has 8 nitrogen and oxygen atoms in total. The number of nitrogens with zero attached hydrogens (tertiary/aromatic N) is 3. The van der Waals surface area contributed by atoms with Gasteiger partial charge in [-0.2, -0.15) is 5.10 Å². The molecule has 0 saturated carbocycles. The molecule has 2 N–H and O–H groups in total. The highest BCUT2D eigenvalue weighted by Gasteiger charge is 2.25. The Labute approximate surface area is 151 Å². The number of carboxylic acids is 1. The minimum atomic E-state index is -0.852. The van der Waals surface area contributed by atoms with Crippen LogP contribution in [0.15, 0.2) is 36.7 Å². The van der Waals surface area contributed by atoms with Gasteiger partial charge in [0.2, 0.25) is 0 Å². The number of benzene rings is 1. The van der Waals surface area contributed by atoms with Crippen LogP contribution < -0.4 is 10.1 Å². The number of ether oxygens (including phenoxy) is 1. The first-order valence-electron chi connectivity index (χ1n) is 8.48. The Morgan fingerprint density at radius 2 is 2.19 bits per heavy atom. The van der Waals surface area contributed by atoms with Gasteiger partial charge in [0, 0.05) is 32.4 Å². The van der Waals surface area contributed by atoms with Crippen LogP contribution in [0.3, 0.4) is 0 Å². The fourth-order valence-corrected chi connectivity index (χ4v) is 3.12. The molecule has 2 aromatic rings. The summed E-state index contributed by atoms with van der Waals surface area (Å²) in [4.78, 5) is 25.5. The van der Waals surface area contributed by atoms with E-state index in [1.165, 1.54) is 6.20 Å². The van der Waals surface area contributed by atoms with Crippen molar-refractivity contribution >= 4 is 11.9 Å². The van der Waals surface area contributed by atoms with Crippen LogP contribution in [0.4, 0.5) is 0 Å². The maximum atomic E-state index is 12.8. The molecule has 1 aliphatic rings. The lowest BCUT2D eigenvalue weighted by atomic mass is 10.1. The quantitative estimate of drug-likeness (QED) is 0.828. The predicted molar refractivity (Wildman–Crippen MR) is 94.6 cm³/mol. The zero-order chi connectivity index (χ0) is 18.5. The van der Waals surface area contributed by atoms with Gasteiger partial charge in [-0.1, -0.05) is 12.1 Å². The highest BCUT2D eigenvalue weighted by Crippen LogP contribution is 2.22. The molecule has 1 aliphatic heterocycles. The molecule has 0 aliphatic carbocycles. The first kappa shape index (κ1) is 17.9. The van der Waals surface area contributed by atoms with E-state index in [0.717, 1.165) is 5.69 Å². The minimum Gasteiger partial charge on any atom is -0.494 e. The van der Waals surface area contributed by atoms with Gasteiger partial charge in [0.15, 0.2) is 0 Å². The third-order valence-electron chi connectivity index (χ3n) is 4.38. The normalized spacial score (nSPS) is 17.6. The van der Waals surface area contributed by atoms with Crippen molar-refractivity contribution in [1.82, 2.24) is 20.0 Å². The molecule has 1 fully saturated rings. The Morgan fingerprint density at radius 1 is 1.38 bits per heavy atom. The van der Waals surface area contributed by atoms with E-state index in [9.17, 15) is 9.59 Å². The number of carboxylic acid groups (broad SMARTS) is 1. The molecule has 2 heterocycles. The zero-order valence-corrected chi connectivity index (χ0v) is 14.6. The lowest BCUT2D eigenvalue weighted by molar-refractivity contribution is -0.138. The maximum absolute atomic E-state index is 12.8. The Balaban J connectivity index is 1.77. The number of methoxy groups -OCH3 is 1. The largest absolute Gasteiger partial charge is 0.494 e. The van der Waals surface area contributed by atoms with Crippen LogP contribution >= 0.6 is 0 Å². The number of aliphatic carboxylic acids is 1. The molecular formula is C18H22N4O4. The predicted octanol–water partition coefficient (Wildman–Crippen LogP) is 1.02. The van der Waals surface area contributed by atoms with E-state index in [1.807, 2.05) is 24.3 Å². The lowest BCUT2D eigenvalue weighted by Gasteiger charge is -2.22. The molecule has 1 amide bonds.